The van der Waals surface area contributed by atoms with E-state index in [2.05, 4.69) is 33.7 Å². The summed E-state index contributed by atoms with van der Waals surface area (Å²) in [5, 5.41) is -0.0834. The SMILES string of the molecule is Cc1ncc(CSC(C(=O)N2CCN(c3ncccn3)CC2)C(C)C)o1. The molecule has 0 saturated carbocycles. The van der Waals surface area contributed by atoms with Gasteiger partial charge >= 0.3 is 0 Å². The standard InChI is InChI=1S/C18H25N5O2S/c1-13(2)16(26-12-15-11-21-14(3)25-15)17(24)22-7-9-23(10-8-22)18-19-5-4-6-20-18/h4-6,11,13,16H,7-10,12H2,1-3H3. The molecule has 8 heteroatoms. The van der Waals surface area contributed by atoms with Crippen molar-refractivity contribution in [2.75, 3.05) is 31.1 Å². The van der Waals surface area contributed by atoms with Gasteiger partial charge in [-0.3, -0.25) is 4.79 Å². The molecular weight excluding hydrogens is 350 g/mol. The summed E-state index contributed by atoms with van der Waals surface area (Å²) in [5.41, 5.74) is 0. The Morgan fingerprint density at radius 1 is 1.19 bits per heavy atom. The lowest BCUT2D eigenvalue weighted by Gasteiger charge is -2.37. The minimum Gasteiger partial charge on any atom is -0.445 e. The van der Waals surface area contributed by atoms with E-state index in [1.807, 2.05) is 17.9 Å². The fraction of sp³-hybridized carbons (Fsp3) is 0.556. The van der Waals surface area contributed by atoms with E-state index in [1.165, 1.54) is 0 Å². The van der Waals surface area contributed by atoms with Crippen molar-refractivity contribution in [1.29, 1.82) is 0 Å². The van der Waals surface area contributed by atoms with Crippen LogP contribution in [0, 0.1) is 12.8 Å². The number of aryl methyl sites for hydroxylation is 1. The number of aromatic nitrogens is 3. The van der Waals surface area contributed by atoms with Crippen LogP contribution in [0.4, 0.5) is 5.95 Å². The summed E-state index contributed by atoms with van der Waals surface area (Å²) in [7, 11) is 0. The molecule has 0 aliphatic carbocycles. The Hall–Kier alpha value is -2.09. The fourth-order valence-electron chi connectivity index (χ4n) is 2.95. The van der Waals surface area contributed by atoms with Crippen LogP contribution < -0.4 is 4.90 Å². The van der Waals surface area contributed by atoms with Gasteiger partial charge in [0, 0.05) is 45.5 Å². The molecule has 26 heavy (non-hydrogen) atoms. The van der Waals surface area contributed by atoms with Crippen LogP contribution in [0.3, 0.4) is 0 Å². The number of amides is 1. The first kappa shape index (κ1) is 18.7. The molecule has 7 nitrogen and oxygen atoms in total. The predicted octanol–water partition coefficient (Wildman–Crippen LogP) is 2.38. The summed E-state index contributed by atoms with van der Waals surface area (Å²) in [4.78, 5) is 29.8. The molecule has 0 radical (unpaired) electrons. The smallest absolute Gasteiger partial charge is 0.236 e. The Labute approximate surface area is 158 Å². The first-order chi connectivity index (χ1) is 12.5. The Kier molecular flexibility index (Phi) is 6.13. The molecule has 1 saturated heterocycles. The predicted molar refractivity (Wildman–Crippen MR) is 102 cm³/mol. The molecule has 1 atom stereocenters. The molecule has 0 N–H and O–H groups in total. The maximum Gasteiger partial charge on any atom is 0.236 e. The molecule has 2 aromatic rings. The monoisotopic (exact) mass is 375 g/mol. The lowest BCUT2D eigenvalue weighted by molar-refractivity contribution is -0.131. The molecule has 1 unspecified atom stereocenters. The van der Waals surface area contributed by atoms with Crippen LogP contribution >= 0.6 is 11.8 Å². The van der Waals surface area contributed by atoms with Crippen LogP contribution in [0.25, 0.3) is 0 Å². The van der Waals surface area contributed by atoms with E-state index >= 15 is 0 Å². The van der Waals surface area contributed by atoms with Crippen molar-refractivity contribution in [1.82, 2.24) is 19.9 Å². The maximum absolute atomic E-state index is 13.0. The molecule has 3 rings (SSSR count). The first-order valence-electron chi connectivity index (χ1n) is 8.88. The van der Waals surface area contributed by atoms with Gasteiger partial charge in [0.25, 0.3) is 0 Å². The summed E-state index contributed by atoms with van der Waals surface area (Å²) < 4.78 is 5.52. The minimum atomic E-state index is -0.0834. The largest absolute Gasteiger partial charge is 0.445 e. The van der Waals surface area contributed by atoms with Crippen molar-refractivity contribution in [3.63, 3.8) is 0 Å². The molecule has 1 fully saturated rings. The van der Waals surface area contributed by atoms with Crippen molar-refractivity contribution in [2.45, 2.75) is 31.8 Å². The molecule has 1 aliphatic rings. The number of nitrogens with zero attached hydrogens (tertiary/aromatic N) is 5. The first-order valence-corrected chi connectivity index (χ1v) is 9.93. The van der Waals surface area contributed by atoms with E-state index in [9.17, 15) is 4.79 Å². The fourth-order valence-corrected chi connectivity index (χ4v) is 4.11. The number of hydrogen-bond acceptors (Lipinski definition) is 7. The zero-order valence-electron chi connectivity index (χ0n) is 15.5. The molecular formula is C18H25N5O2S. The third-order valence-corrected chi connectivity index (χ3v) is 5.91. The molecule has 1 aliphatic heterocycles. The number of piperazine rings is 1. The molecule has 0 aromatic carbocycles. The van der Waals surface area contributed by atoms with Crippen molar-refractivity contribution >= 4 is 23.6 Å². The summed E-state index contributed by atoms with van der Waals surface area (Å²) in [6, 6.07) is 1.81. The third-order valence-electron chi connectivity index (χ3n) is 4.35. The van der Waals surface area contributed by atoms with Gasteiger partial charge in [-0.2, -0.15) is 0 Å². The van der Waals surface area contributed by atoms with Crippen LogP contribution in [-0.2, 0) is 10.5 Å². The Morgan fingerprint density at radius 3 is 2.46 bits per heavy atom. The third kappa shape index (κ3) is 4.55. The average Bonchev–Trinajstić information content (AvgIpc) is 3.07. The van der Waals surface area contributed by atoms with E-state index in [0.29, 0.717) is 24.7 Å². The number of carbonyl (C=O) groups is 1. The lowest BCUT2D eigenvalue weighted by atomic mass is 10.1. The zero-order chi connectivity index (χ0) is 18.5. The van der Waals surface area contributed by atoms with E-state index in [4.69, 9.17) is 4.42 Å². The number of anilines is 1. The molecule has 2 aromatic heterocycles. The summed E-state index contributed by atoms with van der Waals surface area (Å²) >= 11 is 1.63. The van der Waals surface area contributed by atoms with Crippen molar-refractivity contribution in [3.05, 3.63) is 36.3 Å². The van der Waals surface area contributed by atoms with Gasteiger partial charge < -0.3 is 14.2 Å². The van der Waals surface area contributed by atoms with Crippen molar-refractivity contribution < 1.29 is 9.21 Å². The second-order valence-corrected chi connectivity index (χ2v) is 7.81. The quantitative estimate of drug-likeness (QED) is 0.767. The van der Waals surface area contributed by atoms with Crippen molar-refractivity contribution in [3.8, 4) is 0 Å². The highest BCUT2D eigenvalue weighted by Crippen LogP contribution is 2.26. The van der Waals surface area contributed by atoms with Gasteiger partial charge in [0.05, 0.1) is 17.2 Å². The molecule has 0 spiro atoms. The van der Waals surface area contributed by atoms with Crippen molar-refractivity contribution in [2.24, 2.45) is 5.92 Å². The Balaban J connectivity index is 1.56. The topological polar surface area (TPSA) is 75.4 Å². The summed E-state index contributed by atoms with van der Waals surface area (Å²) in [6.45, 7) is 8.92. The maximum atomic E-state index is 13.0. The van der Waals surface area contributed by atoms with E-state index < -0.39 is 0 Å². The second-order valence-electron chi connectivity index (χ2n) is 6.68. The minimum absolute atomic E-state index is 0.0834. The second kappa shape index (κ2) is 8.53. The van der Waals surface area contributed by atoms with Crippen LogP contribution in [-0.4, -0.2) is 57.2 Å². The highest BCUT2D eigenvalue weighted by atomic mass is 32.2. The van der Waals surface area contributed by atoms with Gasteiger partial charge in [0.1, 0.15) is 5.76 Å². The van der Waals surface area contributed by atoms with E-state index in [-0.39, 0.29) is 17.1 Å². The normalized spacial score (nSPS) is 16.2. The average molecular weight is 375 g/mol. The number of carbonyl (C=O) groups excluding carboxylic acids is 1. The van der Waals surface area contributed by atoms with Gasteiger partial charge in [-0.05, 0) is 12.0 Å². The van der Waals surface area contributed by atoms with Gasteiger partial charge in [-0.25, -0.2) is 15.0 Å². The van der Waals surface area contributed by atoms with Crippen LogP contribution in [0.15, 0.2) is 29.1 Å². The van der Waals surface area contributed by atoms with Gasteiger partial charge in [-0.15, -0.1) is 11.8 Å². The van der Waals surface area contributed by atoms with Gasteiger partial charge in [0.15, 0.2) is 5.89 Å². The van der Waals surface area contributed by atoms with Crippen LogP contribution in [0.2, 0.25) is 0 Å². The highest BCUT2D eigenvalue weighted by molar-refractivity contribution is 7.99. The molecule has 3 heterocycles. The molecule has 0 bridgehead atoms. The van der Waals surface area contributed by atoms with Crippen LogP contribution in [0.5, 0.6) is 0 Å². The van der Waals surface area contributed by atoms with E-state index in [1.54, 1.807) is 30.4 Å². The number of thioether (sulfide) groups is 1. The van der Waals surface area contributed by atoms with E-state index in [0.717, 1.165) is 24.8 Å². The zero-order valence-corrected chi connectivity index (χ0v) is 16.3. The number of rotatable bonds is 6. The van der Waals surface area contributed by atoms with Crippen LogP contribution in [0.1, 0.15) is 25.5 Å². The van der Waals surface area contributed by atoms with Gasteiger partial charge in [-0.1, -0.05) is 13.8 Å². The summed E-state index contributed by atoms with van der Waals surface area (Å²) in [6.07, 6.45) is 5.23. The van der Waals surface area contributed by atoms with Gasteiger partial charge in [0.2, 0.25) is 11.9 Å². The summed E-state index contributed by atoms with van der Waals surface area (Å²) in [5.74, 6) is 3.33. The molecule has 1 amide bonds. The Morgan fingerprint density at radius 2 is 1.88 bits per heavy atom. The highest BCUT2D eigenvalue weighted by Gasteiger charge is 2.30. The number of oxazole rings is 1. The number of hydrogen-bond donors (Lipinski definition) is 0. The molecule has 140 valence electrons. The Bertz CT molecular complexity index is 713. The lowest BCUT2D eigenvalue weighted by Crippen LogP contribution is -2.52.